The predicted molar refractivity (Wildman–Crippen MR) is 74.7 cm³/mol. The Morgan fingerprint density at radius 1 is 1.26 bits per heavy atom. The number of hydrogen-bond acceptors (Lipinski definition) is 3. The van der Waals surface area contributed by atoms with Gasteiger partial charge in [-0.25, -0.2) is 0 Å². The number of carbonyl (C=O) groups excluding carboxylic acids is 1. The van der Waals surface area contributed by atoms with Crippen LogP contribution in [0.2, 0.25) is 0 Å². The molecule has 1 aliphatic heterocycles. The van der Waals surface area contributed by atoms with Crippen LogP contribution >= 0.6 is 0 Å². The van der Waals surface area contributed by atoms with Gasteiger partial charge in [0, 0.05) is 26.3 Å². The van der Waals surface area contributed by atoms with Crippen molar-refractivity contribution in [2.24, 2.45) is 11.1 Å². The molecule has 4 nitrogen and oxygen atoms in total. The van der Waals surface area contributed by atoms with Crippen molar-refractivity contribution >= 4 is 5.91 Å². The van der Waals surface area contributed by atoms with Crippen molar-refractivity contribution in [2.45, 2.75) is 19.3 Å². The molecule has 19 heavy (non-hydrogen) atoms. The van der Waals surface area contributed by atoms with E-state index in [-0.39, 0.29) is 5.91 Å². The normalized spacial score (nSPS) is 17.9. The van der Waals surface area contributed by atoms with E-state index in [2.05, 4.69) is 17.4 Å². The molecule has 0 bridgehead atoms. The summed E-state index contributed by atoms with van der Waals surface area (Å²) in [7, 11) is 0. The molecular weight excluding hydrogens is 240 g/mol. The van der Waals surface area contributed by atoms with E-state index in [9.17, 15) is 4.79 Å². The lowest BCUT2D eigenvalue weighted by Gasteiger charge is -2.34. The van der Waals surface area contributed by atoms with Crippen molar-refractivity contribution in [3.8, 4) is 0 Å². The van der Waals surface area contributed by atoms with E-state index in [0.717, 1.165) is 19.3 Å². The maximum atomic E-state index is 12.3. The van der Waals surface area contributed by atoms with Crippen molar-refractivity contribution in [2.75, 3.05) is 26.3 Å². The smallest absolute Gasteiger partial charge is 0.227 e. The predicted octanol–water partition coefficient (Wildman–Crippen LogP) is 1.10. The molecule has 1 aromatic rings. The number of rotatable bonds is 5. The first-order chi connectivity index (χ1) is 9.27. The van der Waals surface area contributed by atoms with E-state index in [0.29, 0.717) is 26.3 Å². The first-order valence-electron chi connectivity index (χ1n) is 6.87. The van der Waals surface area contributed by atoms with E-state index in [1.54, 1.807) is 0 Å². The quantitative estimate of drug-likeness (QED) is 0.835. The number of benzene rings is 1. The van der Waals surface area contributed by atoms with Crippen LogP contribution in [0.1, 0.15) is 18.4 Å². The van der Waals surface area contributed by atoms with Crippen molar-refractivity contribution in [1.29, 1.82) is 0 Å². The third-order valence-corrected chi connectivity index (χ3v) is 3.86. The third-order valence-electron chi connectivity index (χ3n) is 3.86. The van der Waals surface area contributed by atoms with Crippen molar-refractivity contribution in [3.63, 3.8) is 0 Å². The number of hydrogen-bond donors (Lipinski definition) is 2. The Morgan fingerprint density at radius 3 is 2.58 bits per heavy atom. The van der Waals surface area contributed by atoms with Gasteiger partial charge in [-0.05, 0) is 24.8 Å². The maximum absolute atomic E-state index is 12.3. The molecular formula is C15H22N2O2. The number of ether oxygens (including phenoxy) is 1. The molecule has 0 aromatic heterocycles. The molecule has 1 saturated heterocycles. The van der Waals surface area contributed by atoms with Gasteiger partial charge in [-0.15, -0.1) is 0 Å². The average molecular weight is 262 g/mol. The highest BCUT2D eigenvalue weighted by Gasteiger charge is 2.38. The summed E-state index contributed by atoms with van der Waals surface area (Å²) in [5.41, 5.74) is 6.62. The molecule has 1 amide bonds. The fraction of sp³-hybridized carbons (Fsp3) is 0.533. The Kier molecular flexibility index (Phi) is 4.93. The monoisotopic (exact) mass is 262 g/mol. The van der Waals surface area contributed by atoms with Crippen LogP contribution in [0.5, 0.6) is 0 Å². The molecule has 1 heterocycles. The molecule has 1 aromatic carbocycles. The highest BCUT2D eigenvalue weighted by atomic mass is 16.5. The molecule has 1 aliphatic rings. The highest BCUT2D eigenvalue weighted by Crippen LogP contribution is 2.29. The molecule has 104 valence electrons. The zero-order valence-corrected chi connectivity index (χ0v) is 11.2. The van der Waals surface area contributed by atoms with E-state index in [4.69, 9.17) is 10.5 Å². The van der Waals surface area contributed by atoms with Gasteiger partial charge in [0.15, 0.2) is 0 Å². The lowest BCUT2D eigenvalue weighted by Crippen LogP contribution is -2.49. The Labute approximate surface area is 114 Å². The summed E-state index contributed by atoms with van der Waals surface area (Å²) < 4.78 is 5.31. The van der Waals surface area contributed by atoms with Crippen molar-refractivity contribution < 1.29 is 9.53 Å². The van der Waals surface area contributed by atoms with Crippen LogP contribution in [0.4, 0.5) is 0 Å². The second-order valence-corrected chi connectivity index (χ2v) is 5.09. The van der Waals surface area contributed by atoms with E-state index in [1.165, 1.54) is 5.56 Å². The SMILES string of the molecule is NCC1(C(=O)NCCc2ccccc2)CCOCC1. The lowest BCUT2D eigenvalue weighted by atomic mass is 9.79. The largest absolute Gasteiger partial charge is 0.381 e. The number of nitrogens with one attached hydrogen (secondary N) is 1. The average Bonchev–Trinajstić information content (AvgIpc) is 2.49. The summed E-state index contributed by atoms with van der Waals surface area (Å²) >= 11 is 0. The third kappa shape index (κ3) is 3.55. The van der Waals surface area contributed by atoms with Gasteiger partial charge >= 0.3 is 0 Å². The Bertz CT molecular complexity index is 400. The minimum atomic E-state index is -0.422. The van der Waals surface area contributed by atoms with Crippen molar-refractivity contribution in [1.82, 2.24) is 5.32 Å². The minimum absolute atomic E-state index is 0.0780. The van der Waals surface area contributed by atoms with Gasteiger partial charge in [-0.3, -0.25) is 4.79 Å². The Hall–Kier alpha value is -1.39. The second-order valence-electron chi connectivity index (χ2n) is 5.09. The molecule has 0 saturated carbocycles. The van der Waals surface area contributed by atoms with Crippen LogP contribution in [0.25, 0.3) is 0 Å². The summed E-state index contributed by atoms with van der Waals surface area (Å²) in [6, 6.07) is 10.2. The molecule has 0 spiro atoms. The van der Waals surface area contributed by atoms with Crippen LogP contribution in [0, 0.1) is 5.41 Å². The Morgan fingerprint density at radius 2 is 1.95 bits per heavy atom. The molecule has 0 unspecified atom stereocenters. The molecule has 1 fully saturated rings. The standard InChI is InChI=1S/C15H22N2O2/c16-12-15(7-10-19-11-8-15)14(18)17-9-6-13-4-2-1-3-5-13/h1-5H,6-12,16H2,(H,17,18). The van der Waals surface area contributed by atoms with Gasteiger partial charge in [-0.2, -0.15) is 0 Å². The van der Waals surface area contributed by atoms with Crippen LogP contribution in [0.15, 0.2) is 30.3 Å². The van der Waals surface area contributed by atoms with Gasteiger partial charge < -0.3 is 15.8 Å². The Balaban J connectivity index is 1.83. The fourth-order valence-corrected chi connectivity index (χ4v) is 2.44. The molecule has 0 atom stereocenters. The summed E-state index contributed by atoms with van der Waals surface area (Å²) in [6.45, 7) is 2.31. The van der Waals surface area contributed by atoms with Crippen molar-refractivity contribution in [3.05, 3.63) is 35.9 Å². The number of amides is 1. The summed E-state index contributed by atoms with van der Waals surface area (Å²) in [6.07, 6.45) is 2.30. The highest BCUT2D eigenvalue weighted by molar-refractivity contribution is 5.83. The number of nitrogens with two attached hydrogens (primary N) is 1. The first kappa shape index (κ1) is 14.0. The van der Waals surface area contributed by atoms with Gasteiger partial charge in [0.2, 0.25) is 5.91 Å². The van der Waals surface area contributed by atoms with Gasteiger partial charge in [0.1, 0.15) is 0 Å². The van der Waals surface area contributed by atoms with Crippen LogP contribution in [-0.2, 0) is 16.0 Å². The van der Waals surface area contributed by atoms with Crippen LogP contribution in [0.3, 0.4) is 0 Å². The molecule has 0 aliphatic carbocycles. The topological polar surface area (TPSA) is 64.4 Å². The van der Waals surface area contributed by atoms with Gasteiger partial charge in [-0.1, -0.05) is 30.3 Å². The zero-order valence-electron chi connectivity index (χ0n) is 11.2. The maximum Gasteiger partial charge on any atom is 0.227 e. The molecule has 3 N–H and O–H groups in total. The molecule has 0 radical (unpaired) electrons. The number of carbonyl (C=O) groups is 1. The summed E-state index contributed by atoms with van der Waals surface area (Å²) in [4.78, 5) is 12.3. The van der Waals surface area contributed by atoms with E-state index >= 15 is 0 Å². The first-order valence-corrected chi connectivity index (χ1v) is 6.87. The minimum Gasteiger partial charge on any atom is -0.381 e. The van der Waals surface area contributed by atoms with E-state index in [1.807, 2.05) is 18.2 Å². The van der Waals surface area contributed by atoms with Gasteiger partial charge in [0.25, 0.3) is 0 Å². The van der Waals surface area contributed by atoms with Gasteiger partial charge in [0.05, 0.1) is 5.41 Å². The lowest BCUT2D eigenvalue weighted by molar-refractivity contribution is -0.135. The zero-order chi connectivity index (χ0) is 13.6. The van der Waals surface area contributed by atoms with Crippen LogP contribution in [-0.4, -0.2) is 32.2 Å². The molecule has 2 rings (SSSR count). The fourth-order valence-electron chi connectivity index (χ4n) is 2.44. The summed E-state index contributed by atoms with van der Waals surface area (Å²) in [5.74, 6) is 0.0780. The van der Waals surface area contributed by atoms with E-state index < -0.39 is 5.41 Å². The molecule has 4 heteroatoms. The summed E-state index contributed by atoms with van der Waals surface area (Å²) in [5, 5.41) is 3.02. The van der Waals surface area contributed by atoms with Crippen LogP contribution < -0.4 is 11.1 Å². The second kappa shape index (κ2) is 6.68.